The van der Waals surface area contributed by atoms with E-state index in [4.69, 9.17) is 16.7 Å². The van der Waals surface area contributed by atoms with Crippen molar-refractivity contribution in [3.8, 4) is 0 Å². The molecule has 1 saturated heterocycles. The highest BCUT2D eigenvalue weighted by Gasteiger charge is 2.59. The number of carboxylic acids is 1. The summed E-state index contributed by atoms with van der Waals surface area (Å²) in [6, 6.07) is 6.69. The van der Waals surface area contributed by atoms with Gasteiger partial charge < -0.3 is 15.3 Å². The highest BCUT2D eigenvalue weighted by molar-refractivity contribution is 6.30. The average Bonchev–Trinajstić information content (AvgIpc) is 3.29. The highest BCUT2D eigenvalue weighted by Crippen LogP contribution is 2.59. The first-order valence-electron chi connectivity index (χ1n) is 8.84. The molecule has 1 saturated carbocycles. The van der Waals surface area contributed by atoms with Crippen LogP contribution in [0, 0.1) is 11.3 Å². The molecule has 0 radical (unpaired) electrons. The Morgan fingerprint density at radius 2 is 1.88 bits per heavy atom. The van der Waals surface area contributed by atoms with Crippen molar-refractivity contribution in [1.82, 2.24) is 10.2 Å². The molecule has 0 bridgehead atoms. The molecule has 2 aliphatic rings. The molecule has 2 atom stereocenters. The molecule has 2 unspecified atom stereocenters. The maximum absolute atomic E-state index is 12.7. The van der Waals surface area contributed by atoms with Gasteiger partial charge in [0.1, 0.15) is 0 Å². The van der Waals surface area contributed by atoms with Crippen LogP contribution in [0.2, 0.25) is 5.02 Å². The predicted octanol–water partition coefficient (Wildman–Crippen LogP) is 2.62. The number of halogens is 1. The Labute approximate surface area is 157 Å². The van der Waals surface area contributed by atoms with Crippen molar-refractivity contribution in [2.75, 3.05) is 13.1 Å². The number of nitrogens with one attached hydrogen (secondary N) is 1. The van der Waals surface area contributed by atoms with Gasteiger partial charge in [0.05, 0.1) is 18.4 Å². The lowest BCUT2D eigenvalue weighted by Gasteiger charge is -2.33. The molecule has 7 heteroatoms. The highest BCUT2D eigenvalue weighted by atomic mass is 35.5. The minimum Gasteiger partial charge on any atom is -0.481 e. The first kappa shape index (κ1) is 18.7. The molecule has 1 aliphatic heterocycles. The third kappa shape index (κ3) is 4.01. The number of hydrogen-bond donors (Lipinski definition) is 2. The number of aliphatic carboxylic acids is 1. The molecular formula is C19H23ClN2O4. The molecule has 1 aromatic rings. The molecule has 1 heterocycles. The Balaban J connectivity index is 1.61. The van der Waals surface area contributed by atoms with Gasteiger partial charge in [-0.2, -0.15) is 0 Å². The van der Waals surface area contributed by atoms with Gasteiger partial charge in [-0.15, -0.1) is 0 Å². The topological polar surface area (TPSA) is 86.7 Å². The minimum atomic E-state index is -0.724. The first-order valence-corrected chi connectivity index (χ1v) is 9.22. The molecule has 2 N–H and O–H groups in total. The number of amides is 2. The fourth-order valence-corrected chi connectivity index (χ4v) is 4.07. The van der Waals surface area contributed by atoms with E-state index in [1.165, 1.54) is 6.92 Å². The van der Waals surface area contributed by atoms with Crippen LogP contribution in [0.3, 0.4) is 0 Å². The van der Waals surface area contributed by atoms with E-state index in [-0.39, 0.29) is 29.6 Å². The predicted molar refractivity (Wildman–Crippen MR) is 96.6 cm³/mol. The summed E-state index contributed by atoms with van der Waals surface area (Å²) < 4.78 is 0. The number of benzene rings is 1. The first-order chi connectivity index (χ1) is 12.3. The molecule has 140 valence electrons. The van der Waals surface area contributed by atoms with Crippen molar-refractivity contribution in [3.05, 3.63) is 34.9 Å². The summed E-state index contributed by atoms with van der Waals surface area (Å²) in [6.45, 7) is 2.59. The van der Waals surface area contributed by atoms with Gasteiger partial charge >= 0.3 is 5.97 Å². The van der Waals surface area contributed by atoms with Gasteiger partial charge in [0.2, 0.25) is 11.8 Å². The smallest absolute Gasteiger partial charge is 0.307 e. The van der Waals surface area contributed by atoms with Crippen molar-refractivity contribution >= 4 is 29.4 Å². The lowest BCUT2D eigenvalue weighted by Crippen LogP contribution is -2.41. The number of carbonyl (C=O) groups is 3. The van der Waals surface area contributed by atoms with Crippen molar-refractivity contribution in [3.63, 3.8) is 0 Å². The normalized spacial score (nSPS) is 21.9. The van der Waals surface area contributed by atoms with E-state index >= 15 is 0 Å². The molecule has 3 rings (SSSR count). The average molecular weight is 379 g/mol. The summed E-state index contributed by atoms with van der Waals surface area (Å²) in [7, 11) is 0. The van der Waals surface area contributed by atoms with Crippen LogP contribution in [0.4, 0.5) is 0 Å². The summed E-state index contributed by atoms with van der Waals surface area (Å²) in [5.41, 5.74) is 0.732. The molecule has 1 spiro atoms. The maximum Gasteiger partial charge on any atom is 0.307 e. The number of hydrogen-bond acceptors (Lipinski definition) is 3. The summed E-state index contributed by atoms with van der Waals surface area (Å²) in [4.78, 5) is 37.2. The number of nitrogens with zero attached hydrogens (tertiary/aromatic N) is 1. The zero-order chi connectivity index (χ0) is 18.9. The standard InChI is InChI=1S/C19H23ClN2O4/c1-12(23)21-16(13-2-4-14(20)5-3-13)10-17(24)22-8-6-19(7-9-22)11-15(19)18(25)26/h2-5,15-16H,6-11H2,1H3,(H,21,23)(H,25,26). The van der Waals surface area contributed by atoms with Gasteiger partial charge in [-0.05, 0) is 42.4 Å². The molecule has 6 nitrogen and oxygen atoms in total. The summed E-state index contributed by atoms with van der Waals surface area (Å²) in [5.74, 6) is -1.20. The zero-order valence-corrected chi connectivity index (χ0v) is 15.5. The van der Waals surface area contributed by atoms with E-state index in [0.29, 0.717) is 18.1 Å². The second-order valence-corrected chi connectivity index (χ2v) is 7.78. The molecule has 2 fully saturated rings. The summed E-state index contributed by atoms with van der Waals surface area (Å²) in [6.07, 6.45) is 2.38. The largest absolute Gasteiger partial charge is 0.481 e. The van der Waals surface area contributed by atoms with Crippen molar-refractivity contribution < 1.29 is 19.5 Å². The lowest BCUT2D eigenvalue weighted by atomic mass is 9.90. The van der Waals surface area contributed by atoms with Crippen LogP contribution in [-0.2, 0) is 14.4 Å². The maximum atomic E-state index is 12.7. The van der Waals surface area contributed by atoms with Crippen LogP contribution in [0.25, 0.3) is 0 Å². The molecule has 1 aliphatic carbocycles. The van der Waals surface area contributed by atoms with E-state index in [1.807, 2.05) is 12.1 Å². The minimum absolute atomic E-state index is 0.0268. The van der Waals surface area contributed by atoms with Crippen molar-refractivity contribution in [2.45, 2.75) is 38.6 Å². The van der Waals surface area contributed by atoms with Gasteiger partial charge in [-0.1, -0.05) is 23.7 Å². The number of carbonyl (C=O) groups excluding carboxylic acids is 2. The number of likely N-dealkylation sites (tertiary alicyclic amines) is 1. The monoisotopic (exact) mass is 378 g/mol. The Bertz CT molecular complexity index is 711. The molecular weight excluding hydrogens is 356 g/mol. The quantitative estimate of drug-likeness (QED) is 0.824. The van der Waals surface area contributed by atoms with Crippen LogP contribution in [0.1, 0.15) is 44.2 Å². The van der Waals surface area contributed by atoms with Crippen LogP contribution < -0.4 is 5.32 Å². The van der Waals surface area contributed by atoms with E-state index in [1.54, 1.807) is 17.0 Å². The van der Waals surface area contributed by atoms with Crippen molar-refractivity contribution in [1.29, 1.82) is 0 Å². The number of carboxylic acid groups (broad SMARTS) is 1. The Morgan fingerprint density at radius 1 is 1.27 bits per heavy atom. The van der Waals surface area contributed by atoms with E-state index in [2.05, 4.69) is 5.32 Å². The molecule has 0 aromatic heterocycles. The third-order valence-corrected chi connectivity index (χ3v) is 5.88. The van der Waals surface area contributed by atoms with Gasteiger partial charge in [0.25, 0.3) is 0 Å². The molecule has 1 aromatic carbocycles. The van der Waals surface area contributed by atoms with E-state index in [9.17, 15) is 14.4 Å². The fraction of sp³-hybridized carbons (Fsp3) is 0.526. The van der Waals surface area contributed by atoms with Crippen LogP contribution >= 0.6 is 11.6 Å². The summed E-state index contributed by atoms with van der Waals surface area (Å²) in [5, 5.41) is 12.6. The van der Waals surface area contributed by atoms with Gasteiger partial charge in [0.15, 0.2) is 0 Å². The van der Waals surface area contributed by atoms with Crippen molar-refractivity contribution in [2.24, 2.45) is 11.3 Å². The van der Waals surface area contributed by atoms with Crippen LogP contribution in [0.5, 0.6) is 0 Å². The van der Waals surface area contributed by atoms with E-state index < -0.39 is 12.0 Å². The summed E-state index contributed by atoms with van der Waals surface area (Å²) >= 11 is 5.91. The Hall–Kier alpha value is -2.08. The molecule has 26 heavy (non-hydrogen) atoms. The SMILES string of the molecule is CC(=O)NC(CC(=O)N1CCC2(CC1)CC2C(=O)O)c1ccc(Cl)cc1. The fourth-order valence-electron chi connectivity index (χ4n) is 3.95. The second kappa shape index (κ2) is 7.27. The second-order valence-electron chi connectivity index (χ2n) is 7.35. The number of piperidine rings is 1. The lowest BCUT2D eigenvalue weighted by molar-refractivity contribution is -0.140. The van der Waals surface area contributed by atoms with Gasteiger partial charge in [0, 0.05) is 25.0 Å². The third-order valence-electron chi connectivity index (χ3n) is 5.63. The van der Waals surface area contributed by atoms with Crippen LogP contribution in [-0.4, -0.2) is 40.9 Å². The number of rotatable bonds is 5. The zero-order valence-electron chi connectivity index (χ0n) is 14.7. The molecule has 2 amide bonds. The van der Waals surface area contributed by atoms with E-state index in [0.717, 1.165) is 24.8 Å². The van der Waals surface area contributed by atoms with Gasteiger partial charge in [-0.3, -0.25) is 14.4 Å². The van der Waals surface area contributed by atoms with Crippen LogP contribution in [0.15, 0.2) is 24.3 Å². The Morgan fingerprint density at radius 3 is 2.38 bits per heavy atom. The Kier molecular flexibility index (Phi) is 5.23. The van der Waals surface area contributed by atoms with Gasteiger partial charge in [-0.25, -0.2) is 0 Å².